The predicted octanol–water partition coefficient (Wildman–Crippen LogP) is 6.80. The Kier molecular flexibility index (Phi) is 4.30. The van der Waals surface area contributed by atoms with Crippen LogP contribution in [0.4, 0.5) is 0 Å². The molecule has 0 atom stereocenters. The highest BCUT2D eigenvalue weighted by Gasteiger charge is 1.98. The molecule has 0 aliphatic rings. The molecule has 0 saturated heterocycles. The molecule has 1 nitrogen and oxygen atoms in total. The number of fused-ring (bicyclic) bond motifs is 1. The molecule has 4 aromatic carbocycles. The fourth-order valence-corrected chi connectivity index (χ4v) is 2.85. The summed E-state index contributed by atoms with van der Waals surface area (Å²) < 4.78 is 5.83. The summed E-state index contributed by atoms with van der Waals surface area (Å²) in [4.78, 5) is 0. The second kappa shape index (κ2) is 7.06. The van der Waals surface area contributed by atoms with Crippen LogP contribution in [0.3, 0.4) is 0 Å². The largest absolute Gasteiger partial charge is 0.457 e. The van der Waals surface area contributed by atoms with Gasteiger partial charge in [0.05, 0.1) is 0 Å². The number of hydrogen-bond acceptors (Lipinski definition) is 1. The van der Waals surface area contributed by atoms with Gasteiger partial charge in [-0.3, -0.25) is 0 Å². The van der Waals surface area contributed by atoms with Gasteiger partial charge in [-0.15, -0.1) is 0 Å². The van der Waals surface area contributed by atoms with E-state index in [4.69, 9.17) is 4.74 Å². The molecule has 0 aliphatic carbocycles. The SMILES string of the molecule is C(=Cc1cccc2ccccc12)c1ccc(Oc2ccccc2)cc1. The normalized spacial score (nSPS) is 11.0. The van der Waals surface area contributed by atoms with E-state index in [1.807, 2.05) is 42.5 Å². The first-order valence-electron chi connectivity index (χ1n) is 8.37. The molecule has 4 aromatic rings. The van der Waals surface area contributed by atoms with Crippen molar-refractivity contribution >= 4 is 22.9 Å². The highest BCUT2D eigenvalue weighted by atomic mass is 16.5. The first-order valence-corrected chi connectivity index (χ1v) is 8.37. The van der Waals surface area contributed by atoms with Crippen LogP contribution in [0.25, 0.3) is 22.9 Å². The van der Waals surface area contributed by atoms with Crippen LogP contribution >= 0.6 is 0 Å². The Morgan fingerprint density at radius 1 is 0.520 bits per heavy atom. The average molecular weight is 322 g/mol. The van der Waals surface area contributed by atoms with Gasteiger partial charge in [0, 0.05) is 0 Å². The van der Waals surface area contributed by atoms with E-state index in [0.29, 0.717) is 0 Å². The van der Waals surface area contributed by atoms with Gasteiger partial charge in [0.15, 0.2) is 0 Å². The Hall–Kier alpha value is -3.32. The number of rotatable bonds is 4. The van der Waals surface area contributed by atoms with Gasteiger partial charge in [-0.05, 0) is 46.2 Å². The van der Waals surface area contributed by atoms with Gasteiger partial charge >= 0.3 is 0 Å². The van der Waals surface area contributed by atoms with Crippen LogP contribution < -0.4 is 4.74 Å². The molecule has 0 saturated carbocycles. The van der Waals surface area contributed by atoms with Crippen LogP contribution in [0.5, 0.6) is 11.5 Å². The van der Waals surface area contributed by atoms with Gasteiger partial charge in [-0.1, -0.05) is 84.9 Å². The molecule has 0 heterocycles. The number of para-hydroxylation sites is 1. The maximum atomic E-state index is 5.83. The second-order valence-corrected chi connectivity index (χ2v) is 5.89. The molecule has 0 aliphatic heterocycles. The zero-order valence-electron chi connectivity index (χ0n) is 13.8. The Labute approximate surface area is 147 Å². The molecular formula is C24H18O. The van der Waals surface area contributed by atoms with Crippen molar-refractivity contribution in [2.24, 2.45) is 0 Å². The molecular weight excluding hydrogens is 304 g/mol. The van der Waals surface area contributed by atoms with Crippen molar-refractivity contribution in [2.45, 2.75) is 0 Å². The molecule has 4 rings (SSSR count). The monoisotopic (exact) mass is 322 g/mol. The maximum absolute atomic E-state index is 5.83. The van der Waals surface area contributed by atoms with Crippen LogP contribution in [0, 0.1) is 0 Å². The zero-order chi connectivity index (χ0) is 16.9. The quantitative estimate of drug-likeness (QED) is 0.375. The van der Waals surface area contributed by atoms with Crippen molar-refractivity contribution in [1.82, 2.24) is 0 Å². The number of hydrogen-bond donors (Lipinski definition) is 0. The standard InChI is InChI=1S/C24H18O/c1-2-10-22(11-3-1)25-23-17-14-19(15-18-23)13-16-21-9-6-8-20-7-4-5-12-24(20)21/h1-18H. The van der Waals surface area contributed by atoms with Gasteiger partial charge < -0.3 is 4.74 Å². The van der Waals surface area contributed by atoms with E-state index in [2.05, 4.69) is 66.7 Å². The molecule has 0 amide bonds. The molecule has 25 heavy (non-hydrogen) atoms. The molecule has 0 spiro atoms. The number of benzene rings is 4. The van der Waals surface area contributed by atoms with Crippen molar-refractivity contribution in [3.8, 4) is 11.5 Å². The van der Waals surface area contributed by atoms with E-state index in [1.54, 1.807) is 0 Å². The van der Waals surface area contributed by atoms with Crippen molar-refractivity contribution in [1.29, 1.82) is 0 Å². The van der Waals surface area contributed by atoms with E-state index in [-0.39, 0.29) is 0 Å². The minimum absolute atomic E-state index is 0.841. The summed E-state index contributed by atoms with van der Waals surface area (Å²) in [7, 11) is 0. The van der Waals surface area contributed by atoms with E-state index in [1.165, 1.54) is 16.3 Å². The Morgan fingerprint density at radius 2 is 1.20 bits per heavy atom. The summed E-state index contributed by atoms with van der Waals surface area (Å²) in [6, 6.07) is 32.8. The van der Waals surface area contributed by atoms with Crippen LogP contribution in [0.1, 0.15) is 11.1 Å². The molecule has 0 bridgehead atoms. The fourth-order valence-electron chi connectivity index (χ4n) is 2.85. The van der Waals surface area contributed by atoms with Gasteiger partial charge in [-0.2, -0.15) is 0 Å². The average Bonchev–Trinajstić information content (AvgIpc) is 2.68. The summed E-state index contributed by atoms with van der Waals surface area (Å²) in [5.41, 5.74) is 2.37. The van der Waals surface area contributed by atoms with Gasteiger partial charge in [-0.25, -0.2) is 0 Å². The summed E-state index contributed by atoms with van der Waals surface area (Å²) >= 11 is 0. The Balaban J connectivity index is 1.53. The summed E-state index contributed by atoms with van der Waals surface area (Å²) in [6.07, 6.45) is 4.30. The second-order valence-electron chi connectivity index (χ2n) is 5.89. The van der Waals surface area contributed by atoms with E-state index >= 15 is 0 Å². The van der Waals surface area contributed by atoms with Crippen LogP contribution in [-0.4, -0.2) is 0 Å². The minimum Gasteiger partial charge on any atom is -0.457 e. The third-order valence-corrected chi connectivity index (χ3v) is 4.14. The van der Waals surface area contributed by atoms with Gasteiger partial charge in [0.1, 0.15) is 11.5 Å². The first-order chi connectivity index (χ1) is 12.4. The first kappa shape index (κ1) is 15.2. The zero-order valence-corrected chi connectivity index (χ0v) is 13.8. The summed E-state index contributed by atoms with van der Waals surface area (Å²) in [5.74, 6) is 1.69. The molecule has 0 radical (unpaired) electrons. The fraction of sp³-hybridized carbons (Fsp3) is 0. The van der Waals surface area contributed by atoms with Crippen molar-refractivity contribution in [3.63, 3.8) is 0 Å². The molecule has 1 heteroatoms. The van der Waals surface area contributed by atoms with Gasteiger partial charge in [0.2, 0.25) is 0 Å². The number of ether oxygens (including phenoxy) is 1. The third-order valence-electron chi connectivity index (χ3n) is 4.14. The lowest BCUT2D eigenvalue weighted by Crippen LogP contribution is -1.83. The summed E-state index contributed by atoms with van der Waals surface area (Å²) in [5, 5.41) is 2.53. The van der Waals surface area contributed by atoms with E-state index in [0.717, 1.165) is 17.1 Å². The lowest BCUT2D eigenvalue weighted by molar-refractivity contribution is 0.482. The van der Waals surface area contributed by atoms with Crippen LogP contribution in [0.15, 0.2) is 97.1 Å². The van der Waals surface area contributed by atoms with E-state index in [9.17, 15) is 0 Å². The molecule has 0 unspecified atom stereocenters. The lowest BCUT2D eigenvalue weighted by atomic mass is 10.0. The maximum Gasteiger partial charge on any atom is 0.127 e. The van der Waals surface area contributed by atoms with Crippen LogP contribution in [0.2, 0.25) is 0 Å². The Morgan fingerprint density at radius 3 is 2.04 bits per heavy atom. The summed E-state index contributed by atoms with van der Waals surface area (Å²) in [6.45, 7) is 0. The van der Waals surface area contributed by atoms with E-state index < -0.39 is 0 Å². The van der Waals surface area contributed by atoms with Crippen LogP contribution in [-0.2, 0) is 0 Å². The molecule has 120 valence electrons. The third kappa shape index (κ3) is 3.61. The van der Waals surface area contributed by atoms with Crippen molar-refractivity contribution < 1.29 is 4.74 Å². The Bertz CT molecular complexity index is 994. The molecule has 0 fully saturated rings. The molecule has 0 aromatic heterocycles. The van der Waals surface area contributed by atoms with Gasteiger partial charge in [0.25, 0.3) is 0 Å². The van der Waals surface area contributed by atoms with Crippen molar-refractivity contribution in [2.75, 3.05) is 0 Å². The minimum atomic E-state index is 0.841. The smallest absolute Gasteiger partial charge is 0.127 e. The molecule has 0 N–H and O–H groups in total. The predicted molar refractivity (Wildman–Crippen MR) is 106 cm³/mol. The lowest BCUT2D eigenvalue weighted by Gasteiger charge is -2.05. The van der Waals surface area contributed by atoms with Crippen molar-refractivity contribution in [3.05, 3.63) is 108 Å². The highest BCUT2D eigenvalue weighted by Crippen LogP contribution is 2.23. The highest BCUT2D eigenvalue weighted by molar-refractivity contribution is 5.92. The topological polar surface area (TPSA) is 9.23 Å².